The molecule has 1 unspecified atom stereocenters. The van der Waals surface area contributed by atoms with Gasteiger partial charge in [0.15, 0.2) is 0 Å². The molecule has 1 N–H and O–H groups in total. The third-order valence-corrected chi connectivity index (χ3v) is 3.64. The summed E-state index contributed by atoms with van der Waals surface area (Å²) < 4.78 is 0. The Morgan fingerprint density at radius 1 is 1.11 bits per heavy atom. The van der Waals surface area contributed by atoms with Crippen LogP contribution in [0.1, 0.15) is 37.3 Å². The highest BCUT2D eigenvalue weighted by atomic mass is 16.2. The number of benzene rings is 1. The van der Waals surface area contributed by atoms with Crippen LogP contribution in [0.3, 0.4) is 0 Å². The molecule has 1 fully saturated rings. The van der Waals surface area contributed by atoms with Crippen molar-refractivity contribution in [3.63, 3.8) is 0 Å². The van der Waals surface area contributed by atoms with E-state index >= 15 is 0 Å². The number of likely N-dealkylation sites (tertiary alicyclic amines) is 1. The fourth-order valence-corrected chi connectivity index (χ4v) is 2.76. The fraction of sp³-hybridized carbons (Fsp3) is 0.562. The first-order valence-corrected chi connectivity index (χ1v) is 7.20. The van der Waals surface area contributed by atoms with Gasteiger partial charge in [0.1, 0.15) is 6.04 Å². The van der Waals surface area contributed by atoms with Gasteiger partial charge in [-0.05, 0) is 63.3 Å². The van der Waals surface area contributed by atoms with Crippen LogP contribution in [0.5, 0.6) is 0 Å². The van der Waals surface area contributed by atoms with Crippen LogP contribution in [0.2, 0.25) is 0 Å². The summed E-state index contributed by atoms with van der Waals surface area (Å²) in [6.07, 6.45) is 3.53. The molecule has 1 aromatic rings. The standard InChI is InChI=1S/C16H24N2O/c1-12-9-13(2)11-15(10-12)17-14(3)16(19)18-7-5-4-6-8-18/h9-11,14,17H,4-8H2,1-3H3. The molecule has 0 aromatic heterocycles. The van der Waals surface area contributed by atoms with Gasteiger partial charge in [0.2, 0.25) is 5.91 Å². The first kappa shape index (κ1) is 13.9. The molecule has 1 aromatic carbocycles. The summed E-state index contributed by atoms with van der Waals surface area (Å²) >= 11 is 0. The molecule has 3 heteroatoms. The molecule has 0 saturated carbocycles. The zero-order valence-corrected chi connectivity index (χ0v) is 12.2. The van der Waals surface area contributed by atoms with Gasteiger partial charge in [0, 0.05) is 18.8 Å². The maximum absolute atomic E-state index is 12.3. The van der Waals surface area contributed by atoms with Gasteiger partial charge in [0.25, 0.3) is 0 Å². The third kappa shape index (κ3) is 3.72. The average molecular weight is 260 g/mol. The van der Waals surface area contributed by atoms with Gasteiger partial charge in [-0.25, -0.2) is 0 Å². The maximum atomic E-state index is 12.3. The van der Waals surface area contributed by atoms with Crippen molar-refractivity contribution in [1.29, 1.82) is 0 Å². The van der Waals surface area contributed by atoms with Gasteiger partial charge in [-0.3, -0.25) is 4.79 Å². The minimum Gasteiger partial charge on any atom is -0.374 e. The Morgan fingerprint density at radius 2 is 1.68 bits per heavy atom. The maximum Gasteiger partial charge on any atom is 0.244 e. The van der Waals surface area contributed by atoms with Gasteiger partial charge >= 0.3 is 0 Å². The SMILES string of the molecule is Cc1cc(C)cc(NC(C)C(=O)N2CCCCC2)c1. The number of piperidine rings is 1. The Bertz CT molecular complexity index is 430. The van der Waals surface area contributed by atoms with Crippen molar-refractivity contribution >= 4 is 11.6 Å². The topological polar surface area (TPSA) is 32.3 Å². The summed E-state index contributed by atoms with van der Waals surface area (Å²) in [7, 11) is 0. The molecular weight excluding hydrogens is 236 g/mol. The number of aryl methyl sites for hydroxylation is 2. The van der Waals surface area contributed by atoms with Crippen LogP contribution >= 0.6 is 0 Å². The second kappa shape index (κ2) is 6.09. The normalized spacial score (nSPS) is 17.1. The van der Waals surface area contributed by atoms with Gasteiger partial charge in [0.05, 0.1) is 0 Å². The third-order valence-electron chi connectivity index (χ3n) is 3.64. The van der Waals surface area contributed by atoms with E-state index in [9.17, 15) is 4.79 Å². The van der Waals surface area contributed by atoms with Crippen molar-refractivity contribution in [3.8, 4) is 0 Å². The lowest BCUT2D eigenvalue weighted by Crippen LogP contribution is -2.43. The number of carbonyl (C=O) groups is 1. The summed E-state index contributed by atoms with van der Waals surface area (Å²) in [6, 6.07) is 6.17. The zero-order chi connectivity index (χ0) is 13.8. The predicted octanol–water partition coefficient (Wildman–Crippen LogP) is 3.12. The Balaban J connectivity index is 1.99. The van der Waals surface area contributed by atoms with Crippen LogP contribution in [0.4, 0.5) is 5.69 Å². The monoisotopic (exact) mass is 260 g/mol. The van der Waals surface area contributed by atoms with Crippen molar-refractivity contribution in [3.05, 3.63) is 29.3 Å². The average Bonchev–Trinajstić information content (AvgIpc) is 2.37. The molecule has 0 bridgehead atoms. The zero-order valence-electron chi connectivity index (χ0n) is 12.2. The first-order chi connectivity index (χ1) is 9.06. The van der Waals surface area contributed by atoms with E-state index in [1.54, 1.807) is 0 Å². The summed E-state index contributed by atoms with van der Waals surface area (Å²) in [5.41, 5.74) is 3.48. The molecule has 3 nitrogen and oxygen atoms in total. The summed E-state index contributed by atoms with van der Waals surface area (Å²) in [5.74, 6) is 0.221. The molecular formula is C16H24N2O. The lowest BCUT2D eigenvalue weighted by Gasteiger charge is -2.29. The highest BCUT2D eigenvalue weighted by molar-refractivity contribution is 5.84. The van der Waals surface area contributed by atoms with Crippen LogP contribution in [0, 0.1) is 13.8 Å². The molecule has 1 amide bonds. The molecule has 0 radical (unpaired) electrons. The van der Waals surface area contributed by atoms with Crippen molar-refractivity contribution < 1.29 is 4.79 Å². The van der Waals surface area contributed by atoms with E-state index in [0.717, 1.165) is 31.6 Å². The highest BCUT2D eigenvalue weighted by Gasteiger charge is 2.21. The second-order valence-corrected chi connectivity index (χ2v) is 5.63. The van der Waals surface area contributed by atoms with Gasteiger partial charge in [-0.2, -0.15) is 0 Å². The number of anilines is 1. The van der Waals surface area contributed by atoms with E-state index in [1.807, 2.05) is 11.8 Å². The lowest BCUT2D eigenvalue weighted by atomic mass is 10.1. The number of nitrogens with zero attached hydrogens (tertiary/aromatic N) is 1. The summed E-state index contributed by atoms with van der Waals surface area (Å²) in [4.78, 5) is 14.3. The van der Waals surface area contributed by atoms with Crippen molar-refractivity contribution in [1.82, 2.24) is 4.90 Å². The number of rotatable bonds is 3. The van der Waals surface area contributed by atoms with Crippen molar-refractivity contribution in [2.45, 2.75) is 46.1 Å². The Kier molecular flexibility index (Phi) is 4.46. The number of hydrogen-bond donors (Lipinski definition) is 1. The minimum atomic E-state index is -0.153. The molecule has 1 saturated heterocycles. The van der Waals surface area contributed by atoms with Crippen LogP contribution in [0.25, 0.3) is 0 Å². The molecule has 2 rings (SSSR count). The van der Waals surface area contributed by atoms with E-state index in [1.165, 1.54) is 17.5 Å². The molecule has 1 aliphatic heterocycles. The first-order valence-electron chi connectivity index (χ1n) is 7.20. The number of hydrogen-bond acceptors (Lipinski definition) is 2. The minimum absolute atomic E-state index is 0.153. The van der Waals surface area contributed by atoms with E-state index in [-0.39, 0.29) is 11.9 Å². The molecule has 1 atom stereocenters. The highest BCUT2D eigenvalue weighted by Crippen LogP contribution is 2.16. The van der Waals surface area contributed by atoms with E-state index in [2.05, 4.69) is 37.4 Å². The molecule has 104 valence electrons. The summed E-state index contributed by atoms with van der Waals surface area (Å²) in [6.45, 7) is 7.94. The Hall–Kier alpha value is -1.51. The van der Waals surface area contributed by atoms with Gasteiger partial charge in [-0.1, -0.05) is 6.07 Å². The second-order valence-electron chi connectivity index (χ2n) is 5.63. The van der Waals surface area contributed by atoms with Crippen LogP contribution in [0.15, 0.2) is 18.2 Å². The lowest BCUT2D eigenvalue weighted by molar-refractivity contribution is -0.132. The number of carbonyl (C=O) groups excluding carboxylic acids is 1. The van der Waals surface area contributed by atoms with E-state index in [4.69, 9.17) is 0 Å². The predicted molar refractivity (Wildman–Crippen MR) is 79.4 cm³/mol. The molecule has 19 heavy (non-hydrogen) atoms. The number of amides is 1. The van der Waals surface area contributed by atoms with E-state index in [0.29, 0.717) is 0 Å². The smallest absolute Gasteiger partial charge is 0.244 e. The van der Waals surface area contributed by atoms with Crippen LogP contribution in [-0.2, 0) is 4.79 Å². The molecule has 1 heterocycles. The van der Waals surface area contributed by atoms with Crippen LogP contribution < -0.4 is 5.32 Å². The fourth-order valence-electron chi connectivity index (χ4n) is 2.76. The molecule has 1 aliphatic rings. The van der Waals surface area contributed by atoms with Gasteiger partial charge < -0.3 is 10.2 Å². The van der Waals surface area contributed by atoms with Crippen LogP contribution in [-0.4, -0.2) is 29.9 Å². The quantitative estimate of drug-likeness (QED) is 0.905. The van der Waals surface area contributed by atoms with Crippen molar-refractivity contribution in [2.24, 2.45) is 0 Å². The Labute approximate surface area is 116 Å². The van der Waals surface area contributed by atoms with E-state index < -0.39 is 0 Å². The molecule has 0 spiro atoms. The van der Waals surface area contributed by atoms with Crippen molar-refractivity contribution in [2.75, 3.05) is 18.4 Å². The molecule has 0 aliphatic carbocycles. The largest absolute Gasteiger partial charge is 0.374 e. The number of nitrogens with one attached hydrogen (secondary N) is 1. The Morgan fingerprint density at radius 3 is 2.26 bits per heavy atom. The van der Waals surface area contributed by atoms with Gasteiger partial charge in [-0.15, -0.1) is 0 Å². The summed E-state index contributed by atoms with van der Waals surface area (Å²) in [5, 5.41) is 3.33.